The molecule has 0 aliphatic rings. The number of thiazole rings is 1. The lowest BCUT2D eigenvalue weighted by molar-refractivity contribution is 0.108. The molecule has 0 saturated carbocycles. The van der Waals surface area contributed by atoms with Crippen LogP contribution < -0.4 is 0 Å². The van der Waals surface area contributed by atoms with E-state index in [0.717, 1.165) is 11.3 Å². The van der Waals surface area contributed by atoms with Gasteiger partial charge in [-0.25, -0.2) is 4.98 Å². The minimum Gasteiger partial charge on any atom is -0.273 e. The molecule has 6 heteroatoms. The largest absolute Gasteiger partial charge is 0.281 e. The van der Waals surface area contributed by atoms with Crippen LogP contribution in [0.3, 0.4) is 0 Å². The van der Waals surface area contributed by atoms with Gasteiger partial charge >= 0.3 is 0 Å². The molecule has 0 aromatic carbocycles. The molecule has 12 heavy (non-hydrogen) atoms. The maximum absolute atomic E-state index is 10.5. The zero-order valence-electron chi connectivity index (χ0n) is 5.54. The first kappa shape index (κ1) is 8.66. The van der Waals surface area contributed by atoms with Gasteiger partial charge in [0.2, 0.25) is 0 Å². The van der Waals surface area contributed by atoms with E-state index < -0.39 is 5.24 Å². The average Bonchev–Trinajstić information content (AvgIpc) is 2.46. The number of aromatic nitrogens is 1. The second-order valence-electron chi connectivity index (χ2n) is 1.69. The van der Waals surface area contributed by atoms with Crippen LogP contribution in [0.1, 0.15) is 20.4 Å². The average molecular weight is 198 g/mol. The van der Waals surface area contributed by atoms with Gasteiger partial charge in [0.15, 0.2) is 10.7 Å². The van der Waals surface area contributed by atoms with Crippen LogP contribution in [0.15, 0.2) is 0 Å². The smallest absolute Gasteiger partial charge is 0.273 e. The summed E-state index contributed by atoms with van der Waals surface area (Å²) in [6, 6.07) is 3.43. The Bertz CT molecular complexity index is 380. The van der Waals surface area contributed by atoms with E-state index in [9.17, 15) is 4.79 Å². The molecule has 1 rings (SSSR count). The minimum absolute atomic E-state index is 0.0234. The Morgan fingerprint density at radius 1 is 1.50 bits per heavy atom. The Balaban J connectivity index is 3.28. The van der Waals surface area contributed by atoms with E-state index in [4.69, 9.17) is 22.1 Å². The zero-order chi connectivity index (χ0) is 9.14. The van der Waals surface area contributed by atoms with Crippen LogP contribution in [-0.2, 0) is 0 Å². The third-order valence-electron chi connectivity index (χ3n) is 1.00. The summed E-state index contributed by atoms with van der Waals surface area (Å²) in [4.78, 5) is 14.2. The van der Waals surface area contributed by atoms with Crippen LogP contribution in [0, 0.1) is 22.7 Å². The van der Waals surface area contributed by atoms with E-state index in [1.807, 2.05) is 0 Å². The van der Waals surface area contributed by atoms with E-state index in [2.05, 4.69) is 4.98 Å². The van der Waals surface area contributed by atoms with E-state index in [-0.39, 0.29) is 15.6 Å². The second-order valence-corrected chi connectivity index (χ2v) is 3.04. The van der Waals surface area contributed by atoms with Gasteiger partial charge in [0.25, 0.3) is 5.24 Å². The quantitative estimate of drug-likeness (QED) is 0.635. The third-order valence-corrected chi connectivity index (χ3v) is 2.25. The molecule has 0 unspecified atom stereocenters. The first-order valence-corrected chi connectivity index (χ1v) is 3.89. The molecule has 0 radical (unpaired) electrons. The highest BCUT2D eigenvalue weighted by Gasteiger charge is 2.13. The lowest BCUT2D eigenvalue weighted by atomic mass is 10.4. The summed E-state index contributed by atoms with van der Waals surface area (Å²) >= 11 is 5.91. The van der Waals surface area contributed by atoms with Crippen molar-refractivity contribution in [2.24, 2.45) is 0 Å². The van der Waals surface area contributed by atoms with Crippen molar-refractivity contribution in [3.63, 3.8) is 0 Å². The predicted molar refractivity (Wildman–Crippen MR) is 41.7 cm³/mol. The molecule has 58 valence electrons. The van der Waals surface area contributed by atoms with Gasteiger partial charge in [-0.3, -0.25) is 4.79 Å². The molecule has 0 amide bonds. The van der Waals surface area contributed by atoms with Crippen LogP contribution in [0.25, 0.3) is 0 Å². The fourth-order valence-electron chi connectivity index (χ4n) is 0.556. The van der Waals surface area contributed by atoms with Crippen molar-refractivity contribution in [3.05, 3.63) is 15.6 Å². The number of nitriles is 2. The molecule has 1 aromatic rings. The molecule has 4 nitrogen and oxygen atoms in total. The Labute approximate surface area is 76.6 Å². The fraction of sp³-hybridized carbons (Fsp3) is 0. The van der Waals surface area contributed by atoms with Crippen molar-refractivity contribution in [1.29, 1.82) is 10.5 Å². The van der Waals surface area contributed by atoms with Crippen molar-refractivity contribution in [1.82, 2.24) is 4.98 Å². The molecule has 0 fully saturated rings. The normalized spacial score (nSPS) is 8.58. The second kappa shape index (κ2) is 3.31. The van der Waals surface area contributed by atoms with E-state index in [0.29, 0.717) is 0 Å². The highest BCUT2D eigenvalue weighted by molar-refractivity contribution is 7.16. The van der Waals surface area contributed by atoms with E-state index in [1.165, 1.54) is 0 Å². The van der Waals surface area contributed by atoms with Crippen LogP contribution in [0.5, 0.6) is 0 Å². The van der Waals surface area contributed by atoms with Crippen molar-refractivity contribution in [2.45, 2.75) is 0 Å². The topological polar surface area (TPSA) is 77.5 Å². The van der Waals surface area contributed by atoms with Gasteiger partial charge in [-0.05, 0) is 11.6 Å². The summed E-state index contributed by atoms with van der Waals surface area (Å²) in [6.45, 7) is 0. The highest BCUT2D eigenvalue weighted by atomic mass is 35.5. The Morgan fingerprint density at radius 2 is 2.17 bits per heavy atom. The SMILES string of the molecule is N#Cc1nc(C(=O)Cl)sc1C#N. The Morgan fingerprint density at radius 3 is 2.50 bits per heavy atom. The van der Waals surface area contributed by atoms with Crippen LogP contribution in [0.2, 0.25) is 0 Å². The number of hydrogen-bond acceptors (Lipinski definition) is 5. The van der Waals surface area contributed by atoms with Crippen molar-refractivity contribution in [2.75, 3.05) is 0 Å². The first-order chi connectivity index (χ1) is 5.69. The Hall–Kier alpha value is -1.43. The summed E-state index contributed by atoms with van der Waals surface area (Å²) in [5.41, 5.74) is -0.0495. The number of hydrogen-bond donors (Lipinski definition) is 0. The molecule has 0 saturated heterocycles. The van der Waals surface area contributed by atoms with Gasteiger partial charge in [-0.2, -0.15) is 10.5 Å². The summed E-state index contributed by atoms with van der Waals surface area (Å²) in [7, 11) is 0. The molecule has 0 aliphatic carbocycles. The maximum atomic E-state index is 10.5. The summed E-state index contributed by atoms with van der Waals surface area (Å²) in [5.74, 6) is 0. The van der Waals surface area contributed by atoms with Crippen molar-refractivity contribution < 1.29 is 4.79 Å². The number of nitrogens with zero attached hydrogens (tertiary/aromatic N) is 3. The summed E-state index contributed by atoms with van der Waals surface area (Å²) in [5, 5.41) is 16.1. The van der Waals surface area contributed by atoms with Crippen LogP contribution >= 0.6 is 22.9 Å². The van der Waals surface area contributed by atoms with Gasteiger partial charge in [0, 0.05) is 0 Å². The molecule has 0 spiro atoms. The van der Waals surface area contributed by atoms with Gasteiger partial charge in [0.05, 0.1) is 0 Å². The Kier molecular flexibility index (Phi) is 2.39. The lowest BCUT2D eigenvalue weighted by Gasteiger charge is -1.76. The standard InChI is InChI=1S/C6ClN3OS/c7-5(11)6-10-3(1-8)4(2-9)12-6. The number of carbonyl (C=O) groups excluding carboxylic acids is 1. The minimum atomic E-state index is -0.752. The monoisotopic (exact) mass is 197 g/mol. The van der Waals surface area contributed by atoms with Crippen molar-refractivity contribution in [3.8, 4) is 12.1 Å². The maximum Gasteiger partial charge on any atom is 0.281 e. The molecule has 0 atom stereocenters. The summed E-state index contributed by atoms with van der Waals surface area (Å²) < 4.78 is 0. The zero-order valence-corrected chi connectivity index (χ0v) is 7.11. The lowest BCUT2D eigenvalue weighted by Crippen LogP contribution is -1.86. The number of halogens is 1. The van der Waals surface area contributed by atoms with Gasteiger partial charge in [0.1, 0.15) is 17.0 Å². The molecule has 0 bridgehead atoms. The number of carbonyl (C=O) groups is 1. The fourth-order valence-corrected chi connectivity index (χ4v) is 1.36. The number of rotatable bonds is 1. The predicted octanol–water partition coefficient (Wildman–Crippen LogP) is 1.27. The van der Waals surface area contributed by atoms with E-state index >= 15 is 0 Å². The molecule has 0 aliphatic heterocycles. The van der Waals surface area contributed by atoms with Crippen LogP contribution in [-0.4, -0.2) is 10.2 Å². The molecule has 1 aromatic heterocycles. The molecular weight excluding hydrogens is 198 g/mol. The van der Waals surface area contributed by atoms with Crippen LogP contribution in [0.4, 0.5) is 0 Å². The van der Waals surface area contributed by atoms with Gasteiger partial charge in [-0.15, -0.1) is 0 Å². The van der Waals surface area contributed by atoms with E-state index in [1.54, 1.807) is 12.1 Å². The third kappa shape index (κ3) is 1.42. The van der Waals surface area contributed by atoms with Gasteiger partial charge in [-0.1, -0.05) is 11.3 Å². The first-order valence-electron chi connectivity index (χ1n) is 2.70. The summed E-state index contributed by atoms with van der Waals surface area (Å²) in [6.07, 6.45) is 0. The molecule has 1 heterocycles. The van der Waals surface area contributed by atoms with Gasteiger partial charge < -0.3 is 0 Å². The van der Waals surface area contributed by atoms with Crippen molar-refractivity contribution >= 4 is 28.2 Å². The molecular formula is C6ClN3OS. The highest BCUT2D eigenvalue weighted by Crippen LogP contribution is 2.18. The molecule has 0 N–H and O–H groups in total.